The number of amides is 1. The van der Waals surface area contributed by atoms with Gasteiger partial charge in [-0.2, -0.15) is 0 Å². The van der Waals surface area contributed by atoms with E-state index in [0.29, 0.717) is 10.6 Å². The first kappa shape index (κ1) is 13.4. The molecular weight excluding hydrogens is 264 g/mol. The second kappa shape index (κ2) is 5.71. The summed E-state index contributed by atoms with van der Waals surface area (Å²) in [6.07, 6.45) is 1.44. The minimum Gasteiger partial charge on any atom is -0.345 e. The summed E-state index contributed by atoms with van der Waals surface area (Å²) in [5, 5.41) is 3.40. The number of hydrogen-bond donors (Lipinski definition) is 2. The molecule has 0 spiro atoms. The van der Waals surface area contributed by atoms with Crippen LogP contribution >= 0.6 is 11.6 Å². The molecule has 2 rings (SSSR count). The van der Waals surface area contributed by atoms with Crippen LogP contribution in [0.2, 0.25) is 5.02 Å². The van der Waals surface area contributed by atoms with Crippen molar-refractivity contribution in [2.24, 2.45) is 0 Å². The standard InChI is InChI=1S/C14H13ClN2O2/c1-9(11-4-2-3-5-12(11)15)17-14(19)10-6-7-16-13(18)8-10/h2-9H,1H3,(H,16,18)(H,17,19)/t9-/m0/s1. The Morgan fingerprint density at radius 1 is 1.32 bits per heavy atom. The molecule has 0 aliphatic carbocycles. The maximum absolute atomic E-state index is 12.0. The highest BCUT2D eigenvalue weighted by molar-refractivity contribution is 6.31. The summed E-state index contributed by atoms with van der Waals surface area (Å²) in [7, 11) is 0. The maximum atomic E-state index is 12.0. The Hall–Kier alpha value is -2.07. The molecule has 0 radical (unpaired) electrons. The number of nitrogens with one attached hydrogen (secondary N) is 2. The van der Waals surface area contributed by atoms with Crippen LogP contribution in [0.3, 0.4) is 0 Å². The number of hydrogen-bond acceptors (Lipinski definition) is 2. The van der Waals surface area contributed by atoms with E-state index in [9.17, 15) is 9.59 Å². The summed E-state index contributed by atoms with van der Waals surface area (Å²) >= 11 is 6.07. The molecule has 5 heteroatoms. The highest BCUT2D eigenvalue weighted by atomic mass is 35.5. The molecule has 1 aromatic carbocycles. The van der Waals surface area contributed by atoms with Gasteiger partial charge in [-0.1, -0.05) is 29.8 Å². The highest BCUT2D eigenvalue weighted by Crippen LogP contribution is 2.22. The second-order valence-electron chi connectivity index (χ2n) is 4.16. The summed E-state index contributed by atoms with van der Waals surface area (Å²) in [5.74, 6) is -0.307. The van der Waals surface area contributed by atoms with Crippen molar-refractivity contribution in [3.8, 4) is 0 Å². The van der Waals surface area contributed by atoms with Crippen molar-refractivity contribution in [3.05, 3.63) is 69.1 Å². The van der Waals surface area contributed by atoms with E-state index in [-0.39, 0.29) is 17.5 Å². The molecule has 1 amide bonds. The highest BCUT2D eigenvalue weighted by Gasteiger charge is 2.13. The molecule has 1 aromatic heterocycles. The van der Waals surface area contributed by atoms with Crippen LogP contribution in [0.25, 0.3) is 0 Å². The molecule has 1 atom stereocenters. The van der Waals surface area contributed by atoms with Crippen LogP contribution in [0, 0.1) is 0 Å². The van der Waals surface area contributed by atoms with Gasteiger partial charge in [-0.25, -0.2) is 0 Å². The van der Waals surface area contributed by atoms with Gasteiger partial charge in [0, 0.05) is 22.8 Å². The number of halogens is 1. The lowest BCUT2D eigenvalue weighted by atomic mass is 10.1. The molecule has 4 nitrogen and oxygen atoms in total. The van der Waals surface area contributed by atoms with Crippen LogP contribution in [-0.2, 0) is 0 Å². The lowest BCUT2D eigenvalue weighted by Gasteiger charge is -2.15. The predicted molar refractivity (Wildman–Crippen MR) is 74.4 cm³/mol. The molecule has 0 saturated carbocycles. The van der Waals surface area contributed by atoms with Crippen LogP contribution in [0.1, 0.15) is 28.9 Å². The Labute approximate surface area is 115 Å². The van der Waals surface area contributed by atoms with Gasteiger partial charge in [0.2, 0.25) is 5.56 Å². The molecule has 0 unspecified atom stereocenters. The van der Waals surface area contributed by atoms with Gasteiger partial charge in [0.15, 0.2) is 0 Å². The first-order valence-electron chi connectivity index (χ1n) is 5.82. The summed E-state index contributed by atoms with van der Waals surface area (Å²) in [6, 6.07) is 9.89. The predicted octanol–water partition coefficient (Wildman–Crippen LogP) is 2.52. The Kier molecular flexibility index (Phi) is 4.02. The van der Waals surface area contributed by atoms with Gasteiger partial charge >= 0.3 is 0 Å². The lowest BCUT2D eigenvalue weighted by Crippen LogP contribution is -2.27. The summed E-state index contributed by atoms with van der Waals surface area (Å²) in [4.78, 5) is 25.6. The molecule has 0 saturated heterocycles. The minimum absolute atomic E-state index is 0.236. The number of H-pyrrole nitrogens is 1. The lowest BCUT2D eigenvalue weighted by molar-refractivity contribution is 0.0939. The van der Waals surface area contributed by atoms with Gasteiger partial charge in [0.1, 0.15) is 0 Å². The molecule has 1 heterocycles. The molecule has 0 fully saturated rings. The first-order valence-corrected chi connectivity index (χ1v) is 6.20. The van der Waals surface area contributed by atoms with Crippen molar-refractivity contribution < 1.29 is 4.79 Å². The molecule has 2 aromatic rings. The Balaban J connectivity index is 2.16. The number of rotatable bonds is 3. The Bertz CT molecular complexity index is 652. The number of carbonyl (C=O) groups excluding carboxylic acids is 1. The monoisotopic (exact) mass is 276 g/mol. The zero-order valence-electron chi connectivity index (χ0n) is 10.3. The smallest absolute Gasteiger partial charge is 0.252 e. The third-order valence-electron chi connectivity index (χ3n) is 2.76. The van der Waals surface area contributed by atoms with E-state index < -0.39 is 0 Å². The fourth-order valence-corrected chi connectivity index (χ4v) is 2.07. The van der Waals surface area contributed by atoms with Crippen LogP contribution in [-0.4, -0.2) is 10.9 Å². The van der Waals surface area contributed by atoms with E-state index in [1.807, 2.05) is 25.1 Å². The molecule has 0 aliphatic heterocycles. The molecule has 98 valence electrons. The van der Waals surface area contributed by atoms with Crippen LogP contribution in [0.4, 0.5) is 0 Å². The van der Waals surface area contributed by atoms with Crippen molar-refractivity contribution in [1.82, 2.24) is 10.3 Å². The third kappa shape index (κ3) is 3.23. The normalized spacial score (nSPS) is 11.9. The molecule has 19 heavy (non-hydrogen) atoms. The zero-order valence-corrected chi connectivity index (χ0v) is 11.1. The second-order valence-corrected chi connectivity index (χ2v) is 4.57. The summed E-state index contributed by atoms with van der Waals surface area (Å²) in [6.45, 7) is 1.84. The SMILES string of the molecule is C[C@H](NC(=O)c1cc[nH]c(=O)c1)c1ccccc1Cl. The fourth-order valence-electron chi connectivity index (χ4n) is 1.77. The number of benzene rings is 1. The average molecular weight is 277 g/mol. The maximum Gasteiger partial charge on any atom is 0.252 e. The Morgan fingerprint density at radius 3 is 2.74 bits per heavy atom. The third-order valence-corrected chi connectivity index (χ3v) is 3.10. The topological polar surface area (TPSA) is 62.0 Å². The number of pyridine rings is 1. The summed E-state index contributed by atoms with van der Waals surface area (Å²) < 4.78 is 0. The molecule has 2 N–H and O–H groups in total. The van der Waals surface area contributed by atoms with Gasteiger partial charge < -0.3 is 10.3 Å². The molecule has 0 aliphatic rings. The van der Waals surface area contributed by atoms with Gasteiger partial charge in [-0.15, -0.1) is 0 Å². The van der Waals surface area contributed by atoms with E-state index in [1.54, 1.807) is 12.1 Å². The molecular formula is C14H13ClN2O2. The fraction of sp³-hybridized carbons (Fsp3) is 0.143. The van der Waals surface area contributed by atoms with E-state index in [0.717, 1.165) is 5.56 Å². The number of aromatic nitrogens is 1. The van der Waals surface area contributed by atoms with Gasteiger partial charge in [-0.3, -0.25) is 9.59 Å². The quantitative estimate of drug-likeness (QED) is 0.905. The van der Waals surface area contributed by atoms with Crippen LogP contribution < -0.4 is 10.9 Å². The van der Waals surface area contributed by atoms with E-state index in [1.165, 1.54) is 12.3 Å². The van der Waals surface area contributed by atoms with Crippen molar-refractivity contribution in [1.29, 1.82) is 0 Å². The van der Waals surface area contributed by atoms with Crippen molar-refractivity contribution >= 4 is 17.5 Å². The number of carbonyl (C=O) groups is 1. The first-order chi connectivity index (χ1) is 9.08. The largest absolute Gasteiger partial charge is 0.345 e. The van der Waals surface area contributed by atoms with Crippen LogP contribution in [0.15, 0.2) is 47.4 Å². The van der Waals surface area contributed by atoms with E-state index in [2.05, 4.69) is 10.3 Å². The minimum atomic E-state index is -0.307. The van der Waals surface area contributed by atoms with Crippen molar-refractivity contribution in [2.45, 2.75) is 13.0 Å². The van der Waals surface area contributed by atoms with Crippen LogP contribution in [0.5, 0.6) is 0 Å². The van der Waals surface area contributed by atoms with Gasteiger partial charge in [-0.05, 0) is 24.6 Å². The number of aromatic amines is 1. The zero-order chi connectivity index (χ0) is 13.8. The summed E-state index contributed by atoms with van der Waals surface area (Å²) in [5.41, 5.74) is 0.850. The van der Waals surface area contributed by atoms with Gasteiger partial charge in [0.05, 0.1) is 6.04 Å². The average Bonchev–Trinajstić information content (AvgIpc) is 2.39. The molecule has 0 bridgehead atoms. The van der Waals surface area contributed by atoms with Crippen molar-refractivity contribution in [2.75, 3.05) is 0 Å². The van der Waals surface area contributed by atoms with Gasteiger partial charge in [0.25, 0.3) is 5.91 Å². The van der Waals surface area contributed by atoms with E-state index >= 15 is 0 Å². The van der Waals surface area contributed by atoms with E-state index in [4.69, 9.17) is 11.6 Å². The van der Waals surface area contributed by atoms with Crippen molar-refractivity contribution in [3.63, 3.8) is 0 Å². The Morgan fingerprint density at radius 2 is 2.05 bits per heavy atom.